The van der Waals surface area contributed by atoms with Crippen LogP contribution < -0.4 is 5.32 Å². The fourth-order valence-corrected chi connectivity index (χ4v) is 2.98. The second-order valence-corrected chi connectivity index (χ2v) is 6.60. The second-order valence-electron chi connectivity index (χ2n) is 6.60. The summed E-state index contributed by atoms with van der Waals surface area (Å²) in [5.74, 6) is 0.253. The van der Waals surface area contributed by atoms with E-state index in [1.54, 1.807) is 0 Å². The van der Waals surface area contributed by atoms with Gasteiger partial charge < -0.3 is 15.0 Å². The van der Waals surface area contributed by atoms with E-state index < -0.39 is 0 Å². The van der Waals surface area contributed by atoms with Gasteiger partial charge in [0.25, 0.3) is 0 Å². The molecule has 1 aromatic rings. The Hall–Kier alpha value is -1.39. The lowest BCUT2D eigenvalue weighted by atomic mass is 10.1. The van der Waals surface area contributed by atoms with Crippen molar-refractivity contribution in [2.45, 2.75) is 51.7 Å². The van der Waals surface area contributed by atoms with Crippen molar-refractivity contribution in [2.75, 3.05) is 19.8 Å². The van der Waals surface area contributed by atoms with E-state index in [0.29, 0.717) is 19.1 Å². The third-order valence-corrected chi connectivity index (χ3v) is 4.65. The van der Waals surface area contributed by atoms with Gasteiger partial charge in [-0.1, -0.05) is 18.2 Å². The van der Waals surface area contributed by atoms with Gasteiger partial charge in [0.05, 0.1) is 13.2 Å². The predicted octanol–water partition coefficient (Wildman–Crippen LogP) is 2.17. The molecule has 4 heteroatoms. The minimum atomic E-state index is 0.169. The average Bonchev–Trinajstić information content (AvgIpc) is 3.34. The van der Waals surface area contributed by atoms with Crippen LogP contribution in [0.4, 0.5) is 0 Å². The number of morpholine rings is 1. The Balaban J connectivity index is 1.64. The minimum Gasteiger partial charge on any atom is -0.378 e. The van der Waals surface area contributed by atoms with Gasteiger partial charge in [0, 0.05) is 31.6 Å². The van der Waals surface area contributed by atoms with Gasteiger partial charge >= 0.3 is 0 Å². The molecule has 0 aromatic heterocycles. The smallest absolute Gasteiger partial charge is 0.224 e. The SMILES string of the molecule is Cc1ccc(CN(C(=O)CC2COCCN2)C2CC2)cc1C. The molecule has 0 bridgehead atoms. The summed E-state index contributed by atoms with van der Waals surface area (Å²) in [7, 11) is 0. The van der Waals surface area contributed by atoms with Crippen molar-refractivity contribution in [1.29, 1.82) is 0 Å². The third-order valence-electron chi connectivity index (χ3n) is 4.65. The number of benzene rings is 1. The largest absolute Gasteiger partial charge is 0.378 e. The minimum absolute atomic E-state index is 0.169. The molecule has 1 amide bonds. The summed E-state index contributed by atoms with van der Waals surface area (Å²) in [4.78, 5) is 14.7. The molecule has 2 fully saturated rings. The lowest BCUT2D eigenvalue weighted by Gasteiger charge is -2.28. The van der Waals surface area contributed by atoms with Gasteiger partial charge in [-0.25, -0.2) is 0 Å². The Morgan fingerprint density at radius 1 is 1.32 bits per heavy atom. The molecule has 2 aliphatic rings. The van der Waals surface area contributed by atoms with Gasteiger partial charge in [-0.05, 0) is 43.4 Å². The Morgan fingerprint density at radius 2 is 2.14 bits per heavy atom. The van der Waals surface area contributed by atoms with Crippen molar-refractivity contribution in [3.63, 3.8) is 0 Å². The highest BCUT2D eigenvalue weighted by Crippen LogP contribution is 2.29. The Labute approximate surface area is 132 Å². The molecule has 1 unspecified atom stereocenters. The summed E-state index contributed by atoms with van der Waals surface area (Å²) < 4.78 is 5.45. The van der Waals surface area contributed by atoms with Crippen LogP contribution in [0, 0.1) is 13.8 Å². The van der Waals surface area contributed by atoms with Crippen LogP contribution in [0.15, 0.2) is 18.2 Å². The number of amides is 1. The molecule has 1 aromatic carbocycles. The van der Waals surface area contributed by atoms with Gasteiger partial charge in [-0.2, -0.15) is 0 Å². The van der Waals surface area contributed by atoms with Gasteiger partial charge in [0.1, 0.15) is 0 Å². The molecule has 0 radical (unpaired) electrons. The number of rotatable bonds is 5. The maximum Gasteiger partial charge on any atom is 0.224 e. The quantitative estimate of drug-likeness (QED) is 0.906. The molecule has 4 nitrogen and oxygen atoms in total. The predicted molar refractivity (Wildman–Crippen MR) is 86.7 cm³/mol. The van der Waals surface area contributed by atoms with E-state index in [2.05, 4.69) is 42.3 Å². The highest BCUT2D eigenvalue weighted by Gasteiger charge is 2.33. The highest BCUT2D eigenvalue weighted by atomic mass is 16.5. The molecular formula is C18H26N2O2. The monoisotopic (exact) mass is 302 g/mol. The molecule has 1 N–H and O–H groups in total. The van der Waals surface area contributed by atoms with Crippen LogP contribution in [0.25, 0.3) is 0 Å². The van der Waals surface area contributed by atoms with Crippen LogP contribution in [-0.4, -0.2) is 42.6 Å². The van der Waals surface area contributed by atoms with Crippen molar-refractivity contribution in [2.24, 2.45) is 0 Å². The fraction of sp³-hybridized carbons (Fsp3) is 0.611. The van der Waals surface area contributed by atoms with Gasteiger partial charge in [0.2, 0.25) is 5.91 Å². The maximum atomic E-state index is 12.7. The zero-order chi connectivity index (χ0) is 15.5. The summed E-state index contributed by atoms with van der Waals surface area (Å²) in [6.07, 6.45) is 2.83. The number of nitrogens with one attached hydrogen (secondary N) is 1. The number of carbonyl (C=O) groups excluding carboxylic acids is 1. The van der Waals surface area contributed by atoms with Gasteiger partial charge in [-0.3, -0.25) is 4.79 Å². The molecule has 1 atom stereocenters. The highest BCUT2D eigenvalue weighted by molar-refractivity contribution is 5.77. The lowest BCUT2D eigenvalue weighted by Crippen LogP contribution is -2.45. The molecule has 3 rings (SSSR count). The first-order valence-corrected chi connectivity index (χ1v) is 8.30. The molecule has 120 valence electrons. The summed E-state index contributed by atoms with van der Waals surface area (Å²) in [6.45, 7) is 7.23. The summed E-state index contributed by atoms with van der Waals surface area (Å²) in [5, 5.41) is 3.37. The summed E-state index contributed by atoms with van der Waals surface area (Å²) >= 11 is 0. The topological polar surface area (TPSA) is 41.6 Å². The third kappa shape index (κ3) is 3.87. The number of aryl methyl sites for hydroxylation is 2. The van der Waals surface area contributed by atoms with Crippen LogP contribution in [0.3, 0.4) is 0 Å². The standard InChI is InChI=1S/C18H26N2O2/c1-13-3-4-15(9-14(13)2)11-20(17-5-6-17)18(21)10-16-12-22-8-7-19-16/h3-4,9,16-17,19H,5-8,10-12H2,1-2H3. The molecule has 1 saturated carbocycles. The molecule has 1 saturated heterocycles. The van der Waals surface area contributed by atoms with Gasteiger partial charge in [0.15, 0.2) is 0 Å². The first-order valence-electron chi connectivity index (χ1n) is 8.30. The number of nitrogens with zero attached hydrogens (tertiary/aromatic N) is 1. The van der Waals surface area contributed by atoms with Crippen LogP contribution in [0.5, 0.6) is 0 Å². The van der Waals surface area contributed by atoms with E-state index >= 15 is 0 Å². The molecule has 1 heterocycles. The number of hydrogen-bond acceptors (Lipinski definition) is 3. The van der Waals surface area contributed by atoms with E-state index in [1.807, 2.05) is 0 Å². The van der Waals surface area contributed by atoms with Gasteiger partial charge in [-0.15, -0.1) is 0 Å². The molecule has 22 heavy (non-hydrogen) atoms. The van der Waals surface area contributed by atoms with Crippen molar-refractivity contribution < 1.29 is 9.53 Å². The van der Waals surface area contributed by atoms with Crippen LogP contribution in [0.1, 0.15) is 36.0 Å². The van der Waals surface area contributed by atoms with Crippen molar-refractivity contribution in [1.82, 2.24) is 10.2 Å². The maximum absolute atomic E-state index is 12.7. The van der Waals surface area contributed by atoms with E-state index in [4.69, 9.17) is 4.74 Å². The molecular weight excluding hydrogens is 276 g/mol. The Kier molecular flexibility index (Phi) is 4.79. The van der Waals surface area contributed by atoms with E-state index in [0.717, 1.165) is 32.5 Å². The fourth-order valence-electron chi connectivity index (χ4n) is 2.98. The number of ether oxygens (including phenoxy) is 1. The van der Waals surface area contributed by atoms with Crippen molar-refractivity contribution in [3.8, 4) is 0 Å². The van der Waals surface area contributed by atoms with Crippen LogP contribution in [-0.2, 0) is 16.1 Å². The van der Waals surface area contributed by atoms with Crippen LogP contribution >= 0.6 is 0 Å². The number of hydrogen-bond donors (Lipinski definition) is 1. The molecule has 1 aliphatic heterocycles. The first kappa shape index (κ1) is 15.5. The average molecular weight is 302 g/mol. The van der Waals surface area contributed by atoms with E-state index in [9.17, 15) is 4.79 Å². The lowest BCUT2D eigenvalue weighted by molar-refractivity contribution is -0.133. The van der Waals surface area contributed by atoms with E-state index in [-0.39, 0.29) is 11.9 Å². The molecule has 0 spiro atoms. The Morgan fingerprint density at radius 3 is 2.77 bits per heavy atom. The first-order chi connectivity index (χ1) is 10.6. The summed E-state index contributed by atoms with van der Waals surface area (Å²) in [6, 6.07) is 7.12. The number of carbonyl (C=O) groups is 1. The zero-order valence-corrected chi connectivity index (χ0v) is 13.6. The molecule has 1 aliphatic carbocycles. The Bertz CT molecular complexity index is 534. The van der Waals surface area contributed by atoms with Crippen LogP contribution in [0.2, 0.25) is 0 Å². The normalized spacial score (nSPS) is 21.6. The zero-order valence-electron chi connectivity index (χ0n) is 13.6. The summed E-state index contributed by atoms with van der Waals surface area (Å²) in [5.41, 5.74) is 3.83. The second kappa shape index (κ2) is 6.80. The van der Waals surface area contributed by atoms with E-state index in [1.165, 1.54) is 16.7 Å². The van der Waals surface area contributed by atoms with Crippen molar-refractivity contribution >= 4 is 5.91 Å². The van der Waals surface area contributed by atoms with Crippen molar-refractivity contribution in [3.05, 3.63) is 34.9 Å².